The molecule has 0 N–H and O–H groups in total. The second-order valence-corrected chi connectivity index (χ2v) is 6.44. The van der Waals surface area contributed by atoms with Crippen LogP contribution in [0.4, 0.5) is 5.69 Å². The van der Waals surface area contributed by atoms with E-state index in [1.54, 1.807) is 0 Å². The van der Waals surface area contributed by atoms with E-state index in [2.05, 4.69) is 36.7 Å². The van der Waals surface area contributed by atoms with Crippen molar-refractivity contribution in [3.63, 3.8) is 0 Å². The first kappa shape index (κ1) is 16.4. The summed E-state index contributed by atoms with van der Waals surface area (Å²) in [7, 11) is 0. The summed E-state index contributed by atoms with van der Waals surface area (Å²) in [6.45, 7) is 9.86. The van der Waals surface area contributed by atoms with Crippen LogP contribution in [0.5, 0.6) is 0 Å². The van der Waals surface area contributed by atoms with Gasteiger partial charge in [0.15, 0.2) is 0 Å². The maximum absolute atomic E-state index is 6.47. The molecule has 0 fully saturated rings. The largest absolute Gasteiger partial charge is 0.258 e. The van der Waals surface area contributed by atoms with Crippen molar-refractivity contribution in [1.29, 1.82) is 0 Å². The summed E-state index contributed by atoms with van der Waals surface area (Å²) >= 11 is 6.47. The summed E-state index contributed by atoms with van der Waals surface area (Å²) in [6.07, 6.45) is 1.81. The van der Waals surface area contributed by atoms with Crippen molar-refractivity contribution in [2.45, 2.75) is 20.8 Å². The fraction of sp³-hybridized carbons (Fsp3) is 0.143. The van der Waals surface area contributed by atoms with Crippen LogP contribution in [-0.4, -0.2) is 10.7 Å². The van der Waals surface area contributed by atoms with E-state index < -0.39 is 0 Å². The number of halogens is 1. The average Bonchev–Trinajstić information content (AvgIpc) is 2.55. The molecule has 0 spiro atoms. The standard InChI is InChI=1S/C21H19ClN2/c1-5-15-7-9-17-18(22)12-20(24-21(17)10-15)16-8-6-14(4)19(11-16)23-13(2)3/h5-12H,1H2,2-4H3. The maximum atomic E-state index is 6.47. The highest BCUT2D eigenvalue weighted by Crippen LogP contribution is 2.31. The molecule has 2 aromatic carbocycles. The maximum Gasteiger partial charge on any atom is 0.0730 e. The number of hydrogen-bond donors (Lipinski definition) is 0. The molecule has 0 amide bonds. The molecule has 1 aromatic heterocycles. The van der Waals surface area contributed by atoms with Gasteiger partial charge in [-0.1, -0.05) is 48.5 Å². The SMILES string of the molecule is C=Cc1ccc2c(Cl)cc(-c3ccc(C)c(N=C(C)C)c3)nc2c1. The Bertz CT molecular complexity index is 967. The highest BCUT2D eigenvalue weighted by molar-refractivity contribution is 6.35. The molecule has 0 aliphatic carbocycles. The van der Waals surface area contributed by atoms with Crippen LogP contribution in [0.3, 0.4) is 0 Å². The van der Waals surface area contributed by atoms with Gasteiger partial charge < -0.3 is 0 Å². The number of aryl methyl sites for hydroxylation is 1. The lowest BCUT2D eigenvalue weighted by Gasteiger charge is -2.09. The molecule has 1 heterocycles. The molecule has 0 aliphatic heterocycles. The zero-order valence-electron chi connectivity index (χ0n) is 14.1. The molecule has 0 bridgehead atoms. The monoisotopic (exact) mass is 334 g/mol. The molecule has 3 heteroatoms. The molecule has 3 rings (SSSR count). The predicted octanol–water partition coefficient (Wildman–Crippen LogP) is 6.62. The molecule has 0 unspecified atom stereocenters. The third-order valence-corrected chi connectivity index (χ3v) is 4.18. The number of aromatic nitrogens is 1. The molecular weight excluding hydrogens is 316 g/mol. The normalized spacial score (nSPS) is 10.7. The number of nitrogens with zero attached hydrogens (tertiary/aromatic N) is 2. The van der Waals surface area contributed by atoms with Crippen LogP contribution in [0.2, 0.25) is 5.02 Å². The summed E-state index contributed by atoms with van der Waals surface area (Å²) in [6, 6.07) is 14.1. The minimum Gasteiger partial charge on any atom is -0.258 e. The van der Waals surface area contributed by atoms with Gasteiger partial charge in [-0.15, -0.1) is 0 Å². The predicted molar refractivity (Wildman–Crippen MR) is 105 cm³/mol. The van der Waals surface area contributed by atoms with Crippen LogP contribution >= 0.6 is 11.6 Å². The first-order valence-electron chi connectivity index (χ1n) is 7.83. The van der Waals surface area contributed by atoms with Gasteiger partial charge in [0.25, 0.3) is 0 Å². The number of fused-ring (bicyclic) bond motifs is 1. The Hall–Kier alpha value is -2.45. The first-order chi connectivity index (χ1) is 11.5. The molecule has 2 nitrogen and oxygen atoms in total. The molecule has 0 aliphatic rings. The van der Waals surface area contributed by atoms with Crippen molar-refractivity contribution in [1.82, 2.24) is 4.98 Å². The van der Waals surface area contributed by atoms with Gasteiger partial charge in [-0.05, 0) is 50.1 Å². The molecule has 0 saturated carbocycles. The quantitative estimate of drug-likeness (QED) is 0.494. The van der Waals surface area contributed by atoms with Crippen molar-refractivity contribution < 1.29 is 0 Å². The van der Waals surface area contributed by atoms with E-state index >= 15 is 0 Å². The third kappa shape index (κ3) is 3.24. The van der Waals surface area contributed by atoms with Gasteiger partial charge in [0.1, 0.15) is 0 Å². The first-order valence-corrected chi connectivity index (χ1v) is 8.21. The number of benzene rings is 2. The molecule has 0 radical (unpaired) electrons. The molecule has 3 aromatic rings. The van der Waals surface area contributed by atoms with Crippen molar-refractivity contribution in [3.8, 4) is 11.3 Å². The van der Waals surface area contributed by atoms with Crippen LogP contribution < -0.4 is 0 Å². The minimum atomic E-state index is 0.697. The lowest BCUT2D eigenvalue weighted by atomic mass is 10.0. The lowest BCUT2D eigenvalue weighted by Crippen LogP contribution is -1.89. The summed E-state index contributed by atoms with van der Waals surface area (Å²) < 4.78 is 0. The van der Waals surface area contributed by atoms with Gasteiger partial charge in [0.2, 0.25) is 0 Å². The van der Waals surface area contributed by atoms with Crippen LogP contribution in [0.15, 0.2) is 54.0 Å². The lowest BCUT2D eigenvalue weighted by molar-refractivity contribution is 1.35. The number of pyridine rings is 1. The van der Waals surface area contributed by atoms with Gasteiger partial charge in [0.05, 0.1) is 21.9 Å². The van der Waals surface area contributed by atoms with E-state index in [9.17, 15) is 0 Å². The zero-order valence-corrected chi connectivity index (χ0v) is 14.9. The van der Waals surface area contributed by atoms with Crippen LogP contribution in [0.25, 0.3) is 28.2 Å². The van der Waals surface area contributed by atoms with Crippen LogP contribution in [0, 0.1) is 6.92 Å². The highest BCUT2D eigenvalue weighted by Gasteiger charge is 2.08. The fourth-order valence-corrected chi connectivity index (χ4v) is 2.87. The smallest absolute Gasteiger partial charge is 0.0730 e. The molecule has 24 heavy (non-hydrogen) atoms. The third-order valence-electron chi connectivity index (χ3n) is 3.87. The molecular formula is C21H19ClN2. The van der Waals surface area contributed by atoms with Gasteiger partial charge in [-0.2, -0.15) is 0 Å². The van der Waals surface area contributed by atoms with Crippen molar-refractivity contribution in [2.24, 2.45) is 4.99 Å². The summed E-state index contributed by atoms with van der Waals surface area (Å²) in [5, 5.41) is 1.64. The summed E-state index contributed by atoms with van der Waals surface area (Å²) in [4.78, 5) is 9.38. The topological polar surface area (TPSA) is 25.2 Å². The minimum absolute atomic E-state index is 0.697. The van der Waals surface area contributed by atoms with Gasteiger partial charge in [-0.3, -0.25) is 4.99 Å². The van der Waals surface area contributed by atoms with Crippen molar-refractivity contribution >= 4 is 40.0 Å². The average molecular weight is 335 g/mol. The Labute approximate surface area is 147 Å². The summed E-state index contributed by atoms with van der Waals surface area (Å²) in [5.74, 6) is 0. The summed E-state index contributed by atoms with van der Waals surface area (Å²) in [5.41, 5.74) is 6.88. The van der Waals surface area contributed by atoms with Crippen molar-refractivity contribution in [3.05, 3.63) is 65.2 Å². The Morgan fingerprint density at radius 1 is 1.12 bits per heavy atom. The Kier molecular flexibility index (Phi) is 4.50. The van der Waals surface area contributed by atoms with E-state index in [-0.39, 0.29) is 0 Å². The van der Waals surface area contributed by atoms with E-state index in [0.717, 1.165) is 44.7 Å². The van der Waals surface area contributed by atoms with Crippen LogP contribution in [0.1, 0.15) is 25.0 Å². The van der Waals surface area contributed by atoms with Gasteiger partial charge in [-0.25, -0.2) is 4.98 Å². The van der Waals surface area contributed by atoms with E-state index in [0.29, 0.717) is 5.02 Å². The highest BCUT2D eigenvalue weighted by atomic mass is 35.5. The van der Waals surface area contributed by atoms with E-state index in [1.807, 2.05) is 44.2 Å². The Balaban J connectivity index is 2.19. The Morgan fingerprint density at radius 3 is 2.62 bits per heavy atom. The Morgan fingerprint density at radius 2 is 1.92 bits per heavy atom. The van der Waals surface area contributed by atoms with Crippen molar-refractivity contribution in [2.75, 3.05) is 0 Å². The number of aliphatic imine (C=N–C) groups is 1. The molecule has 120 valence electrons. The number of hydrogen-bond acceptors (Lipinski definition) is 2. The van der Waals surface area contributed by atoms with E-state index in [1.165, 1.54) is 0 Å². The molecule has 0 atom stereocenters. The molecule has 0 saturated heterocycles. The van der Waals surface area contributed by atoms with Gasteiger partial charge >= 0.3 is 0 Å². The second kappa shape index (κ2) is 6.58. The van der Waals surface area contributed by atoms with Crippen LogP contribution in [-0.2, 0) is 0 Å². The second-order valence-electron chi connectivity index (χ2n) is 6.03. The fourth-order valence-electron chi connectivity index (χ4n) is 2.61. The van der Waals surface area contributed by atoms with Gasteiger partial charge in [0, 0.05) is 16.7 Å². The number of rotatable bonds is 3. The van der Waals surface area contributed by atoms with E-state index in [4.69, 9.17) is 16.6 Å². The zero-order chi connectivity index (χ0) is 17.3.